The van der Waals surface area contributed by atoms with Gasteiger partial charge in [-0.05, 0) is 41.0 Å². The molecular formula is C21H21F3N2O3. The Bertz CT molecular complexity index is 907. The molecule has 1 unspecified atom stereocenters. The predicted octanol–water partition coefficient (Wildman–Crippen LogP) is 3.11. The molecule has 2 aliphatic heterocycles. The van der Waals surface area contributed by atoms with Crippen molar-refractivity contribution in [2.75, 3.05) is 32.8 Å². The van der Waals surface area contributed by atoms with Crippen LogP contribution in [-0.4, -0.2) is 49.8 Å². The summed E-state index contributed by atoms with van der Waals surface area (Å²) in [6.07, 6.45) is -4.64. The minimum absolute atomic E-state index is 0.107. The van der Waals surface area contributed by atoms with Gasteiger partial charge in [0.1, 0.15) is 11.9 Å². The third-order valence-electron chi connectivity index (χ3n) is 5.23. The Morgan fingerprint density at radius 2 is 1.79 bits per heavy atom. The van der Waals surface area contributed by atoms with Gasteiger partial charge in [0.2, 0.25) is 0 Å². The van der Waals surface area contributed by atoms with Crippen LogP contribution in [0.1, 0.15) is 21.5 Å². The van der Waals surface area contributed by atoms with Gasteiger partial charge in [0.15, 0.2) is 0 Å². The van der Waals surface area contributed by atoms with E-state index < -0.39 is 17.8 Å². The number of benzene rings is 2. The lowest BCUT2D eigenvalue weighted by atomic mass is 9.96. The number of rotatable bonds is 3. The van der Waals surface area contributed by atoms with Gasteiger partial charge in [-0.2, -0.15) is 13.2 Å². The lowest BCUT2D eigenvalue weighted by molar-refractivity contribution is -0.138. The fraction of sp³-hybridized carbons (Fsp3) is 0.381. The summed E-state index contributed by atoms with van der Waals surface area (Å²) in [5, 5.41) is 0. The van der Waals surface area contributed by atoms with Crippen LogP contribution < -0.4 is 10.5 Å². The number of alkyl halides is 3. The van der Waals surface area contributed by atoms with Crippen molar-refractivity contribution < 1.29 is 27.4 Å². The molecule has 1 atom stereocenters. The highest BCUT2D eigenvalue weighted by molar-refractivity contribution is 5.94. The van der Waals surface area contributed by atoms with Crippen LogP contribution in [0.4, 0.5) is 13.2 Å². The molecule has 0 bridgehead atoms. The first kappa shape index (κ1) is 19.7. The standard InChI is InChI=1S/C21H21F3N2O3/c22-21(23,24)18-11-15(9-16-10-17(12-25)29-19(16)18)13-1-3-14(4-2-13)20(27)26-5-7-28-8-6-26/h1-4,9,11,17H,5-8,10,12,25H2. The summed E-state index contributed by atoms with van der Waals surface area (Å²) in [5.41, 5.74) is 6.82. The SMILES string of the molecule is NCC1Cc2cc(-c3ccc(C(=O)N4CCOCC4)cc3)cc(C(F)(F)F)c2O1. The number of hydrogen-bond acceptors (Lipinski definition) is 4. The molecule has 5 nitrogen and oxygen atoms in total. The third kappa shape index (κ3) is 3.95. The number of ether oxygens (including phenoxy) is 2. The van der Waals surface area contributed by atoms with Gasteiger partial charge in [0.25, 0.3) is 5.91 Å². The number of nitrogens with two attached hydrogens (primary N) is 1. The number of fused-ring (bicyclic) bond motifs is 1. The number of halogens is 3. The van der Waals surface area contributed by atoms with Crippen LogP contribution in [0.15, 0.2) is 36.4 Å². The van der Waals surface area contributed by atoms with Crippen LogP contribution in [0.5, 0.6) is 5.75 Å². The molecule has 154 valence electrons. The van der Waals surface area contributed by atoms with Crippen molar-refractivity contribution in [1.82, 2.24) is 4.90 Å². The number of amides is 1. The van der Waals surface area contributed by atoms with E-state index in [0.717, 1.165) is 6.07 Å². The first-order valence-corrected chi connectivity index (χ1v) is 9.45. The summed E-state index contributed by atoms with van der Waals surface area (Å²) in [5.74, 6) is -0.236. The predicted molar refractivity (Wildman–Crippen MR) is 101 cm³/mol. The van der Waals surface area contributed by atoms with Crippen LogP contribution >= 0.6 is 0 Å². The summed E-state index contributed by atoms with van der Waals surface area (Å²) in [6, 6.07) is 9.44. The largest absolute Gasteiger partial charge is 0.488 e. The molecule has 2 aromatic rings. The van der Waals surface area contributed by atoms with Gasteiger partial charge < -0.3 is 20.1 Å². The Morgan fingerprint density at radius 3 is 2.41 bits per heavy atom. The summed E-state index contributed by atoms with van der Waals surface area (Å²) in [4.78, 5) is 14.3. The topological polar surface area (TPSA) is 64.8 Å². The van der Waals surface area contributed by atoms with E-state index in [1.807, 2.05) is 0 Å². The number of hydrogen-bond donors (Lipinski definition) is 1. The average Bonchev–Trinajstić information content (AvgIpc) is 3.15. The van der Waals surface area contributed by atoms with E-state index >= 15 is 0 Å². The molecule has 8 heteroatoms. The first-order valence-electron chi connectivity index (χ1n) is 9.45. The molecule has 0 spiro atoms. The van der Waals surface area contributed by atoms with Gasteiger partial charge in [0.05, 0.1) is 18.8 Å². The number of carbonyl (C=O) groups is 1. The van der Waals surface area contributed by atoms with E-state index in [4.69, 9.17) is 15.2 Å². The lowest BCUT2D eigenvalue weighted by Gasteiger charge is -2.26. The van der Waals surface area contributed by atoms with Crippen molar-refractivity contribution in [3.63, 3.8) is 0 Å². The number of morpholine rings is 1. The smallest absolute Gasteiger partial charge is 0.419 e. The van der Waals surface area contributed by atoms with Crippen LogP contribution in [0.3, 0.4) is 0 Å². The van der Waals surface area contributed by atoms with E-state index in [2.05, 4.69) is 0 Å². The van der Waals surface area contributed by atoms with Gasteiger partial charge in [-0.3, -0.25) is 4.79 Å². The summed E-state index contributed by atoms with van der Waals surface area (Å²) >= 11 is 0. The molecule has 1 fully saturated rings. The molecule has 1 saturated heterocycles. The molecule has 29 heavy (non-hydrogen) atoms. The monoisotopic (exact) mass is 406 g/mol. The number of carbonyl (C=O) groups excluding carboxylic acids is 1. The van der Waals surface area contributed by atoms with Gasteiger partial charge in [-0.15, -0.1) is 0 Å². The molecule has 2 N–H and O–H groups in total. The minimum atomic E-state index is -4.53. The molecule has 0 radical (unpaired) electrons. The zero-order valence-corrected chi connectivity index (χ0v) is 15.7. The Kier molecular flexibility index (Phi) is 5.23. The maximum absolute atomic E-state index is 13.6. The van der Waals surface area contributed by atoms with E-state index in [9.17, 15) is 18.0 Å². The second-order valence-corrected chi connectivity index (χ2v) is 7.17. The Morgan fingerprint density at radius 1 is 1.10 bits per heavy atom. The van der Waals surface area contributed by atoms with Crippen molar-refractivity contribution in [3.8, 4) is 16.9 Å². The fourth-order valence-corrected chi connectivity index (χ4v) is 3.70. The second-order valence-electron chi connectivity index (χ2n) is 7.17. The number of nitrogens with zero attached hydrogens (tertiary/aromatic N) is 1. The van der Waals surface area contributed by atoms with Gasteiger partial charge in [-0.1, -0.05) is 12.1 Å². The summed E-state index contributed by atoms with van der Waals surface area (Å²) in [6.45, 7) is 2.22. The lowest BCUT2D eigenvalue weighted by Crippen LogP contribution is -2.40. The Balaban J connectivity index is 1.64. The van der Waals surface area contributed by atoms with Gasteiger partial charge in [-0.25, -0.2) is 0 Å². The first-order chi connectivity index (χ1) is 13.9. The Hall–Kier alpha value is -2.58. The van der Waals surface area contributed by atoms with Crippen molar-refractivity contribution in [2.45, 2.75) is 18.7 Å². The van der Waals surface area contributed by atoms with Crippen LogP contribution in [-0.2, 0) is 17.3 Å². The molecule has 2 heterocycles. The van der Waals surface area contributed by atoms with E-state index in [1.165, 1.54) is 0 Å². The fourth-order valence-electron chi connectivity index (χ4n) is 3.70. The zero-order valence-electron chi connectivity index (χ0n) is 15.7. The second kappa shape index (κ2) is 7.68. The van der Waals surface area contributed by atoms with Crippen molar-refractivity contribution in [1.29, 1.82) is 0 Å². The molecule has 2 aliphatic rings. The van der Waals surface area contributed by atoms with Crippen molar-refractivity contribution in [3.05, 3.63) is 53.1 Å². The van der Waals surface area contributed by atoms with E-state index in [0.29, 0.717) is 55.0 Å². The molecule has 2 aromatic carbocycles. The van der Waals surface area contributed by atoms with Gasteiger partial charge in [0, 0.05) is 31.6 Å². The van der Waals surface area contributed by atoms with Crippen LogP contribution in [0.2, 0.25) is 0 Å². The summed E-state index contributed by atoms with van der Waals surface area (Å²) < 4.78 is 51.4. The molecular weight excluding hydrogens is 385 g/mol. The molecule has 0 aromatic heterocycles. The maximum atomic E-state index is 13.6. The quantitative estimate of drug-likeness (QED) is 0.851. The van der Waals surface area contributed by atoms with E-state index in [1.54, 1.807) is 35.2 Å². The third-order valence-corrected chi connectivity index (χ3v) is 5.23. The minimum Gasteiger partial charge on any atom is -0.488 e. The zero-order chi connectivity index (χ0) is 20.6. The average molecular weight is 406 g/mol. The summed E-state index contributed by atoms with van der Waals surface area (Å²) in [7, 11) is 0. The highest BCUT2D eigenvalue weighted by Gasteiger charge is 2.39. The molecule has 1 amide bonds. The molecule has 0 saturated carbocycles. The molecule has 0 aliphatic carbocycles. The highest BCUT2D eigenvalue weighted by Crippen LogP contribution is 2.44. The van der Waals surface area contributed by atoms with Crippen molar-refractivity contribution in [2.24, 2.45) is 5.73 Å². The van der Waals surface area contributed by atoms with Crippen LogP contribution in [0, 0.1) is 0 Å². The maximum Gasteiger partial charge on any atom is 0.419 e. The van der Waals surface area contributed by atoms with E-state index in [-0.39, 0.29) is 18.2 Å². The van der Waals surface area contributed by atoms with Gasteiger partial charge >= 0.3 is 6.18 Å². The Labute approximate surface area is 166 Å². The molecule has 4 rings (SSSR count). The highest BCUT2D eigenvalue weighted by atomic mass is 19.4. The van der Waals surface area contributed by atoms with Crippen LogP contribution in [0.25, 0.3) is 11.1 Å². The normalized spacial score (nSPS) is 19.0. The van der Waals surface area contributed by atoms with Crippen molar-refractivity contribution >= 4 is 5.91 Å².